The average Bonchev–Trinajstić information content (AvgIpc) is 2.67. The van der Waals surface area contributed by atoms with Crippen LogP contribution < -0.4 is 5.32 Å². The Hall–Kier alpha value is -1.73. The van der Waals surface area contributed by atoms with Crippen molar-refractivity contribution in [2.45, 2.75) is 51.7 Å². The zero-order valence-corrected chi connectivity index (χ0v) is 16.9. The van der Waals surface area contributed by atoms with E-state index in [9.17, 15) is 4.79 Å². The van der Waals surface area contributed by atoms with Gasteiger partial charge in [0.25, 0.3) is 0 Å². The van der Waals surface area contributed by atoms with Crippen molar-refractivity contribution < 1.29 is 9.53 Å². The minimum Gasteiger partial charge on any atom is -0.376 e. The summed E-state index contributed by atoms with van der Waals surface area (Å²) in [5.41, 5.74) is 0. The topological polar surface area (TPSA) is 70.6 Å². The van der Waals surface area contributed by atoms with Gasteiger partial charge < -0.3 is 19.9 Å². The molecule has 1 aromatic rings. The molecular weight excluding hydrogens is 342 g/mol. The molecule has 2 heterocycles. The highest BCUT2D eigenvalue weighted by molar-refractivity contribution is 5.79. The van der Waals surface area contributed by atoms with Crippen LogP contribution in [-0.4, -0.2) is 77.7 Å². The Morgan fingerprint density at radius 1 is 1.30 bits per heavy atom. The molecule has 1 aromatic heterocycles. The van der Waals surface area contributed by atoms with Crippen LogP contribution in [0.1, 0.15) is 38.4 Å². The van der Waals surface area contributed by atoms with E-state index in [1.54, 1.807) is 6.20 Å². The maximum atomic E-state index is 13.0. The van der Waals surface area contributed by atoms with Crippen LogP contribution in [0.25, 0.3) is 0 Å². The first-order chi connectivity index (χ1) is 13.1. The van der Waals surface area contributed by atoms with Crippen LogP contribution in [-0.2, 0) is 9.53 Å². The van der Waals surface area contributed by atoms with E-state index < -0.39 is 0 Å². The molecule has 7 heteroatoms. The van der Waals surface area contributed by atoms with Gasteiger partial charge in [0.15, 0.2) is 0 Å². The molecule has 27 heavy (non-hydrogen) atoms. The fourth-order valence-electron chi connectivity index (χ4n) is 4.00. The third-order valence-corrected chi connectivity index (χ3v) is 5.60. The molecule has 0 radical (unpaired) electrons. The van der Waals surface area contributed by atoms with Crippen LogP contribution in [0.3, 0.4) is 0 Å². The van der Waals surface area contributed by atoms with Gasteiger partial charge in [-0.15, -0.1) is 0 Å². The molecule has 0 unspecified atom stereocenters. The number of anilines is 1. The molecule has 2 aliphatic rings. The lowest BCUT2D eigenvalue weighted by Gasteiger charge is -2.39. The van der Waals surface area contributed by atoms with E-state index in [1.165, 1.54) is 0 Å². The predicted molar refractivity (Wildman–Crippen MR) is 106 cm³/mol. The van der Waals surface area contributed by atoms with Crippen molar-refractivity contribution in [2.24, 2.45) is 5.92 Å². The molecule has 0 aromatic carbocycles. The van der Waals surface area contributed by atoms with Gasteiger partial charge in [-0.25, -0.2) is 9.97 Å². The summed E-state index contributed by atoms with van der Waals surface area (Å²) in [7, 11) is 2.11. The number of carbonyl (C=O) groups excluding carboxylic acids is 1. The maximum Gasteiger partial charge on any atom is 0.225 e. The Labute approximate surface area is 162 Å². The summed E-state index contributed by atoms with van der Waals surface area (Å²) in [6.45, 7) is 8.36. The standard InChI is InChI=1S/C20H33N5O2/c1-4-13-27-18-6-5-16(20(26)25-11-9-24(3)10-12-25)14-17(18)23-19-7-8-21-15(2)22-19/h7-8,16-18H,4-6,9-14H2,1-3H3,(H,21,22,23)/t16-,17+,18+/m0/s1. The number of nitrogens with zero attached hydrogens (tertiary/aromatic N) is 4. The summed E-state index contributed by atoms with van der Waals surface area (Å²) in [5.74, 6) is 1.93. The minimum atomic E-state index is 0.0651. The third kappa shape index (κ3) is 5.39. The van der Waals surface area contributed by atoms with E-state index in [0.717, 1.165) is 70.1 Å². The summed E-state index contributed by atoms with van der Waals surface area (Å²) >= 11 is 0. The van der Waals surface area contributed by atoms with E-state index in [1.807, 2.05) is 17.9 Å². The quantitative estimate of drug-likeness (QED) is 0.819. The van der Waals surface area contributed by atoms with Crippen molar-refractivity contribution in [1.29, 1.82) is 0 Å². The minimum absolute atomic E-state index is 0.0651. The van der Waals surface area contributed by atoms with E-state index in [0.29, 0.717) is 5.91 Å². The monoisotopic (exact) mass is 375 g/mol. The summed E-state index contributed by atoms with van der Waals surface area (Å²) < 4.78 is 6.10. The fourth-order valence-corrected chi connectivity index (χ4v) is 4.00. The van der Waals surface area contributed by atoms with Crippen molar-refractivity contribution >= 4 is 11.7 Å². The van der Waals surface area contributed by atoms with E-state index in [4.69, 9.17) is 4.74 Å². The number of piperazine rings is 1. The van der Waals surface area contributed by atoms with Crippen LogP contribution in [0.4, 0.5) is 5.82 Å². The Kier molecular flexibility index (Phi) is 7.01. The second-order valence-corrected chi connectivity index (χ2v) is 7.79. The van der Waals surface area contributed by atoms with Gasteiger partial charge in [-0.1, -0.05) is 6.92 Å². The number of nitrogens with one attached hydrogen (secondary N) is 1. The van der Waals surface area contributed by atoms with Crippen molar-refractivity contribution in [3.05, 3.63) is 18.1 Å². The maximum absolute atomic E-state index is 13.0. The van der Waals surface area contributed by atoms with Gasteiger partial charge >= 0.3 is 0 Å². The molecule has 2 fully saturated rings. The van der Waals surface area contributed by atoms with Crippen molar-refractivity contribution in [1.82, 2.24) is 19.8 Å². The number of carbonyl (C=O) groups is 1. The molecule has 0 spiro atoms. The van der Waals surface area contributed by atoms with E-state index in [-0.39, 0.29) is 18.1 Å². The number of hydrogen-bond acceptors (Lipinski definition) is 6. The third-order valence-electron chi connectivity index (χ3n) is 5.60. The second kappa shape index (κ2) is 9.46. The normalized spacial score (nSPS) is 26.8. The summed E-state index contributed by atoms with van der Waals surface area (Å²) in [4.78, 5) is 26.0. The molecule has 1 N–H and O–H groups in total. The molecule has 1 aliphatic heterocycles. The van der Waals surface area contributed by atoms with E-state index >= 15 is 0 Å². The number of aromatic nitrogens is 2. The van der Waals surface area contributed by atoms with Gasteiger partial charge in [0.1, 0.15) is 11.6 Å². The molecule has 3 atom stereocenters. The van der Waals surface area contributed by atoms with Gasteiger partial charge in [-0.2, -0.15) is 0 Å². The van der Waals surface area contributed by atoms with Crippen LogP contribution in [0.15, 0.2) is 12.3 Å². The van der Waals surface area contributed by atoms with Gasteiger partial charge in [-0.05, 0) is 45.7 Å². The fraction of sp³-hybridized carbons (Fsp3) is 0.750. The van der Waals surface area contributed by atoms with Crippen molar-refractivity contribution in [2.75, 3.05) is 45.2 Å². The zero-order chi connectivity index (χ0) is 19.2. The summed E-state index contributed by atoms with van der Waals surface area (Å²) in [6.07, 6.45) is 5.49. The van der Waals surface area contributed by atoms with Gasteiger partial charge in [-0.3, -0.25) is 4.79 Å². The Balaban J connectivity index is 1.65. The zero-order valence-electron chi connectivity index (χ0n) is 16.9. The first-order valence-electron chi connectivity index (χ1n) is 10.2. The Bertz CT molecular complexity index is 618. The highest BCUT2D eigenvalue weighted by Gasteiger charge is 2.36. The molecular formula is C20H33N5O2. The molecule has 7 nitrogen and oxygen atoms in total. The molecule has 1 saturated carbocycles. The molecule has 1 amide bonds. The lowest BCUT2D eigenvalue weighted by molar-refractivity contribution is -0.139. The predicted octanol–water partition coefficient (Wildman–Crippen LogP) is 1.93. The van der Waals surface area contributed by atoms with E-state index in [2.05, 4.69) is 34.2 Å². The number of aryl methyl sites for hydroxylation is 1. The first-order valence-corrected chi connectivity index (χ1v) is 10.2. The lowest BCUT2D eigenvalue weighted by atomic mass is 9.82. The van der Waals surface area contributed by atoms with Crippen LogP contribution in [0, 0.1) is 12.8 Å². The average molecular weight is 376 g/mol. The largest absolute Gasteiger partial charge is 0.376 e. The van der Waals surface area contributed by atoms with Crippen molar-refractivity contribution in [3.8, 4) is 0 Å². The van der Waals surface area contributed by atoms with Crippen molar-refractivity contribution in [3.63, 3.8) is 0 Å². The van der Waals surface area contributed by atoms with Gasteiger partial charge in [0.2, 0.25) is 5.91 Å². The highest BCUT2D eigenvalue weighted by Crippen LogP contribution is 2.30. The molecule has 3 rings (SSSR count). The smallest absolute Gasteiger partial charge is 0.225 e. The van der Waals surface area contributed by atoms with Crippen LogP contribution in [0.2, 0.25) is 0 Å². The Morgan fingerprint density at radius 2 is 2.07 bits per heavy atom. The first kappa shape index (κ1) is 20.0. The van der Waals surface area contributed by atoms with Gasteiger partial charge in [0.05, 0.1) is 12.1 Å². The van der Waals surface area contributed by atoms with Crippen LogP contribution >= 0.6 is 0 Å². The van der Waals surface area contributed by atoms with Gasteiger partial charge in [0, 0.05) is 44.9 Å². The number of ether oxygens (including phenoxy) is 1. The SMILES string of the molecule is CCCO[C@@H]1CC[C@H](C(=O)N2CCN(C)CC2)C[C@H]1Nc1ccnc(C)n1. The molecule has 1 saturated heterocycles. The molecule has 1 aliphatic carbocycles. The second-order valence-electron chi connectivity index (χ2n) is 7.79. The summed E-state index contributed by atoms with van der Waals surface area (Å²) in [5, 5.41) is 3.52. The van der Waals surface area contributed by atoms with Crippen LogP contribution in [0.5, 0.6) is 0 Å². The molecule has 0 bridgehead atoms. The Morgan fingerprint density at radius 3 is 2.78 bits per heavy atom. The lowest BCUT2D eigenvalue weighted by Crippen LogP contribution is -2.51. The number of rotatable bonds is 6. The summed E-state index contributed by atoms with van der Waals surface area (Å²) in [6, 6.07) is 1.98. The number of hydrogen-bond donors (Lipinski definition) is 1. The molecule has 150 valence electrons. The number of likely N-dealkylation sites (N-methyl/N-ethyl adjacent to an activating group) is 1. The number of amides is 1. The highest BCUT2D eigenvalue weighted by atomic mass is 16.5.